The van der Waals surface area contributed by atoms with Gasteiger partial charge in [-0.05, 0) is 36.4 Å². The van der Waals surface area contributed by atoms with Gasteiger partial charge in [-0.2, -0.15) is 0 Å². The fourth-order valence-electron chi connectivity index (χ4n) is 2.64. The van der Waals surface area contributed by atoms with Gasteiger partial charge in [-0.25, -0.2) is 4.68 Å². The molecule has 2 aromatic heterocycles. The number of tetrazole rings is 1. The van der Waals surface area contributed by atoms with E-state index in [1.807, 2.05) is 33.0 Å². The number of methoxy groups -OCH3 is 1. The van der Waals surface area contributed by atoms with Crippen molar-refractivity contribution in [3.05, 3.63) is 34.9 Å². The first-order valence-electron chi connectivity index (χ1n) is 7.57. The first kappa shape index (κ1) is 16.2. The number of rotatable bonds is 5. The maximum absolute atomic E-state index is 12.8. The fourth-order valence-corrected chi connectivity index (χ4v) is 2.64. The number of aromatic nitrogens is 4. The van der Waals surface area contributed by atoms with Gasteiger partial charge in [-0.15, -0.1) is 0 Å². The van der Waals surface area contributed by atoms with Gasteiger partial charge in [0, 0.05) is 19.9 Å². The molecule has 9 nitrogen and oxygen atoms in total. The molecule has 3 rings (SSSR count). The van der Waals surface area contributed by atoms with Crippen LogP contribution in [0.3, 0.4) is 0 Å². The number of furan rings is 1. The Bertz CT molecular complexity index is 778. The highest BCUT2D eigenvalue weighted by Gasteiger charge is 2.28. The lowest BCUT2D eigenvalue weighted by Gasteiger charge is -2.27. The van der Waals surface area contributed by atoms with Crippen molar-refractivity contribution in [2.24, 2.45) is 0 Å². The maximum atomic E-state index is 12.8. The minimum atomic E-state index is -0.364. The molecule has 2 aromatic rings. The van der Waals surface area contributed by atoms with Crippen LogP contribution in [0.25, 0.3) is 0 Å². The molecule has 0 aliphatic carbocycles. The van der Waals surface area contributed by atoms with Gasteiger partial charge in [0.2, 0.25) is 5.95 Å². The highest BCUT2D eigenvalue weighted by Crippen LogP contribution is 2.24. The summed E-state index contributed by atoms with van der Waals surface area (Å²) in [7, 11) is 3.41. The van der Waals surface area contributed by atoms with Crippen molar-refractivity contribution in [1.29, 1.82) is 0 Å². The number of nitrogens with one attached hydrogen (secondary N) is 1. The molecule has 0 spiro atoms. The van der Waals surface area contributed by atoms with Crippen LogP contribution >= 0.6 is 0 Å². The minimum Gasteiger partial charge on any atom is -0.464 e. The van der Waals surface area contributed by atoms with Crippen LogP contribution in [0.4, 0.5) is 5.95 Å². The molecule has 0 saturated carbocycles. The molecule has 0 saturated heterocycles. The van der Waals surface area contributed by atoms with Crippen LogP contribution in [0.5, 0.6) is 0 Å². The summed E-state index contributed by atoms with van der Waals surface area (Å²) in [4.78, 5) is 14.6. The number of fused-ring (bicyclic) bond motifs is 1. The van der Waals surface area contributed by atoms with Gasteiger partial charge in [-0.1, -0.05) is 5.10 Å². The predicted octanol–water partition coefficient (Wildman–Crippen LogP) is 0.802. The highest BCUT2D eigenvalue weighted by atomic mass is 16.5. The second kappa shape index (κ2) is 6.44. The quantitative estimate of drug-likeness (QED) is 0.865. The molecule has 0 bridgehead atoms. The van der Waals surface area contributed by atoms with E-state index < -0.39 is 0 Å². The Morgan fingerprint density at radius 1 is 1.46 bits per heavy atom. The fraction of sp³-hybridized carbons (Fsp3) is 0.467. The van der Waals surface area contributed by atoms with Gasteiger partial charge >= 0.3 is 0 Å². The molecule has 9 heteroatoms. The third-order valence-electron chi connectivity index (χ3n) is 4.08. The normalized spacial score (nSPS) is 15.4. The Morgan fingerprint density at radius 2 is 2.25 bits per heavy atom. The molecule has 128 valence electrons. The smallest absolute Gasteiger partial charge is 0.251 e. The predicted molar refractivity (Wildman–Crippen MR) is 85.1 cm³/mol. The number of hydrogen-bond acceptors (Lipinski definition) is 7. The van der Waals surface area contributed by atoms with Crippen LogP contribution in [0.15, 0.2) is 27.8 Å². The van der Waals surface area contributed by atoms with E-state index in [0.717, 1.165) is 11.5 Å². The second-order valence-electron chi connectivity index (χ2n) is 5.69. The molecule has 24 heavy (non-hydrogen) atoms. The lowest BCUT2D eigenvalue weighted by atomic mass is 10.1. The number of nitrogens with zero attached hydrogens (tertiary/aromatic N) is 5. The van der Waals surface area contributed by atoms with E-state index in [9.17, 15) is 4.79 Å². The molecule has 1 N–H and O–H groups in total. The average Bonchev–Trinajstić information content (AvgIpc) is 3.19. The molecule has 1 atom stereocenters. The largest absolute Gasteiger partial charge is 0.464 e. The lowest BCUT2D eigenvalue weighted by molar-refractivity contribution is -0.119. The number of ether oxygens (including phenoxy) is 1. The van der Waals surface area contributed by atoms with Crippen LogP contribution < -0.4 is 10.2 Å². The summed E-state index contributed by atoms with van der Waals surface area (Å²) in [5.41, 5.74) is 1.41. The summed E-state index contributed by atoms with van der Waals surface area (Å²) in [5.74, 6) is 1.86. The Balaban J connectivity index is 1.81. The summed E-state index contributed by atoms with van der Waals surface area (Å²) in [6.07, 6.45) is 0. The van der Waals surface area contributed by atoms with Gasteiger partial charge in [0.1, 0.15) is 17.6 Å². The molecule has 0 unspecified atom stereocenters. The summed E-state index contributed by atoms with van der Waals surface area (Å²) in [6.45, 7) is 4.37. The van der Waals surface area contributed by atoms with E-state index in [1.165, 1.54) is 0 Å². The lowest BCUT2D eigenvalue weighted by Crippen LogP contribution is -2.37. The topological polar surface area (TPSA) is 98.3 Å². The molecule has 0 aromatic carbocycles. The van der Waals surface area contributed by atoms with Gasteiger partial charge in [0.05, 0.1) is 18.7 Å². The van der Waals surface area contributed by atoms with E-state index in [4.69, 9.17) is 9.15 Å². The molecular formula is C15H20N6O3. The van der Waals surface area contributed by atoms with E-state index in [2.05, 4.69) is 20.8 Å². The average molecular weight is 332 g/mol. The molecule has 1 aliphatic heterocycles. The number of anilines is 1. The highest BCUT2D eigenvalue weighted by molar-refractivity contribution is 5.95. The van der Waals surface area contributed by atoms with Crippen molar-refractivity contribution in [3.63, 3.8) is 0 Å². The zero-order valence-electron chi connectivity index (χ0n) is 14.1. The molecule has 1 aliphatic rings. The summed E-state index contributed by atoms with van der Waals surface area (Å²) in [5, 5.41) is 14.5. The van der Waals surface area contributed by atoms with Crippen LogP contribution in [-0.2, 0) is 16.1 Å². The Labute approximate surface area is 139 Å². The van der Waals surface area contributed by atoms with Gasteiger partial charge in [0.15, 0.2) is 0 Å². The first-order chi connectivity index (χ1) is 11.5. The van der Waals surface area contributed by atoms with Gasteiger partial charge in [0.25, 0.3) is 5.91 Å². The SMILES string of the molecule is COC[C@H](NC(=O)C1=C(C)N(C)c2nnnn2C1)c1ccc(C)o1. The van der Waals surface area contributed by atoms with Gasteiger partial charge < -0.3 is 19.4 Å². The number of allylic oxidation sites excluding steroid dienone is 1. The number of carbonyl (C=O) groups excluding carboxylic acids is 1. The van der Waals surface area contributed by atoms with E-state index in [1.54, 1.807) is 16.7 Å². The van der Waals surface area contributed by atoms with Crippen molar-refractivity contribution in [1.82, 2.24) is 25.5 Å². The Kier molecular flexibility index (Phi) is 4.34. The minimum absolute atomic E-state index is 0.198. The van der Waals surface area contributed by atoms with E-state index in [-0.39, 0.29) is 11.9 Å². The molecule has 0 radical (unpaired) electrons. The second-order valence-corrected chi connectivity index (χ2v) is 5.69. The monoisotopic (exact) mass is 332 g/mol. The molecular weight excluding hydrogens is 312 g/mol. The summed E-state index contributed by atoms with van der Waals surface area (Å²) in [6, 6.07) is 3.33. The zero-order valence-corrected chi connectivity index (χ0v) is 14.1. The Hall–Kier alpha value is -2.68. The maximum Gasteiger partial charge on any atom is 0.251 e. The van der Waals surface area contributed by atoms with Crippen molar-refractivity contribution in [3.8, 4) is 0 Å². The first-order valence-corrected chi connectivity index (χ1v) is 7.57. The molecule has 0 fully saturated rings. The van der Waals surface area contributed by atoms with Crippen LogP contribution in [-0.4, -0.2) is 46.9 Å². The zero-order chi connectivity index (χ0) is 17.3. The standard InChI is InChI=1S/C15H20N6O3/c1-9-5-6-13(24-9)12(8-23-4)16-14(22)11-7-21-15(17-18-19-21)20(3)10(11)2/h5-6,12H,7-8H2,1-4H3,(H,16,22)/t12-/m0/s1. The number of carbonyl (C=O) groups is 1. The van der Waals surface area contributed by atoms with Crippen molar-refractivity contribution in [2.45, 2.75) is 26.4 Å². The van der Waals surface area contributed by atoms with E-state index >= 15 is 0 Å². The van der Waals surface area contributed by atoms with Gasteiger partial charge in [-0.3, -0.25) is 4.79 Å². The number of amides is 1. The summed E-state index contributed by atoms with van der Waals surface area (Å²) >= 11 is 0. The molecule has 3 heterocycles. The number of aryl methyl sites for hydroxylation is 1. The van der Waals surface area contributed by atoms with Crippen LogP contribution in [0.2, 0.25) is 0 Å². The summed E-state index contributed by atoms with van der Waals surface area (Å²) < 4.78 is 12.4. The van der Waals surface area contributed by atoms with Crippen molar-refractivity contribution < 1.29 is 13.9 Å². The van der Waals surface area contributed by atoms with E-state index in [0.29, 0.717) is 30.4 Å². The third-order valence-corrected chi connectivity index (χ3v) is 4.08. The number of hydrogen-bond donors (Lipinski definition) is 1. The Morgan fingerprint density at radius 3 is 2.92 bits per heavy atom. The van der Waals surface area contributed by atoms with Crippen LogP contribution in [0, 0.1) is 6.92 Å². The molecule has 1 amide bonds. The van der Waals surface area contributed by atoms with Crippen molar-refractivity contribution >= 4 is 11.9 Å². The van der Waals surface area contributed by atoms with Crippen LogP contribution in [0.1, 0.15) is 24.5 Å². The van der Waals surface area contributed by atoms with Crippen molar-refractivity contribution in [2.75, 3.05) is 25.7 Å². The third kappa shape index (κ3) is 2.90.